The molecule has 0 aliphatic heterocycles. The molecule has 4 aromatic carbocycles. The third-order valence-electron chi connectivity index (χ3n) is 5.66. The molecular weight excluding hydrogens is 732 g/mol. The second-order valence-corrected chi connectivity index (χ2v) is 8.59. The molecule has 4 N–H and O–H groups in total. The van der Waals surface area contributed by atoms with Crippen LogP contribution in [0.5, 0.6) is 23.0 Å². The second kappa shape index (κ2) is 20.6. The van der Waals surface area contributed by atoms with Gasteiger partial charge in [-0.05, 0) is 48.5 Å². The quantitative estimate of drug-likeness (QED) is 0.145. The zero-order chi connectivity index (χ0) is 36.6. The van der Waals surface area contributed by atoms with Crippen molar-refractivity contribution in [3.05, 3.63) is 117 Å². The summed E-state index contributed by atoms with van der Waals surface area (Å²) in [4.78, 5) is 82.1. The predicted octanol–water partition coefficient (Wildman–Crippen LogP) is -1.73. The summed E-state index contributed by atoms with van der Waals surface area (Å²) in [6.07, 6.45) is 1.51. The number of phenols is 4. The van der Waals surface area contributed by atoms with E-state index >= 15 is 0 Å². The summed E-state index contributed by atoms with van der Waals surface area (Å²) >= 11 is 0. The molecular formula is C32H20O16Zr. The van der Waals surface area contributed by atoms with Crippen molar-refractivity contribution in [3.63, 3.8) is 0 Å². The Morgan fingerprint density at radius 3 is 0.673 bits per heavy atom. The number of hydrogen-bond donors (Lipinski definition) is 4. The van der Waals surface area contributed by atoms with Crippen molar-refractivity contribution in [2.24, 2.45) is 0 Å². The van der Waals surface area contributed by atoms with Gasteiger partial charge in [-0.15, -0.1) is 0 Å². The number of aldehydes is 4. The average molecular weight is 752 g/mol. The third-order valence-corrected chi connectivity index (χ3v) is 5.66. The summed E-state index contributed by atoms with van der Waals surface area (Å²) in [7, 11) is 0. The van der Waals surface area contributed by atoms with Crippen LogP contribution in [0.3, 0.4) is 0 Å². The molecule has 0 aliphatic rings. The first-order chi connectivity index (χ1) is 22.7. The fourth-order valence-electron chi connectivity index (χ4n) is 3.28. The number of aromatic carboxylic acids is 4. The Kier molecular flexibility index (Phi) is 17.9. The summed E-state index contributed by atoms with van der Waals surface area (Å²) < 4.78 is 0. The topological polar surface area (TPSA) is 310 Å². The molecule has 16 nitrogen and oxygen atoms in total. The second-order valence-electron chi connectivity index (χ2n) is 8.59. The summed E-state index contributed by atoms with van der Waals surface area (Å²) in [6.45, 7) is 0. The molecule has 0 fully saturated rings. The van der Waals surface area contributed by atoms with E-state index in [-0.39, 0.29) is 70.7 Å². The van der Waals surface area contributed by atoms with Crippen LogP contribution in [0.25, 0.3) is 0 Å². The first kappa shape index (κ1) is 42.5. The van der Waals surface area contributed by atoms with Crippen LogP contribution < -0.4 is 20.4 Å². The van der Waals surface area contributed by atoms with Crippen molar-refractivity contribution < 1.29 is 105 Å². The van der Waals surface area contributed by atoms with Gasteiger partial charge in [-0.3, -0.25) is 19.2 Å². The Hall–Kier alpha value is -6.48. The molecule has 0 saturated carbocycles. The zero-order valence-electron chi connectivity index (χ0n) is 24.4. The van der Waals surface area contributed by atoms with E-state index in [0.717, 1.165) is 24.3 Å². The molecule has 0 heterocycles. The Morgan fingerprint density at radius 1 is 0.388 bits per heavy atom. The Morgan fingerprint density at radius 2 is 0.551 bits per heavy atom. The standard InChI is InChI=1S/4C8H6O4.Zr/c4*9-4-5-2-1-3-6(7(5)10)8(11)12;/h4*1-4,10H,(H,11,12);/q;;;;+4/p-4. The molecule has 0 bridgehead atoms. The maximum absolute atomic E-state index is 10.3. The molecule has 0 saturated heterocycles. The van der Waals surface area contributed by atoms with Crippen LogP contribution in [-0.4, -0.2) is 69.4 Å². The van der Waals surface area contributed by atoms with Crippen LogP contribution >= 0.6 is 0 Å². The number of carboxylic acids is 4. The molecule has 0 amide bonds. The van der Waals surface area contributed by atoms with Gasteiger partial charge in [0.25, 0.3) is 0 Å². The number of carbonyl (C=O) groups excluding carboxylic acids is 8. The molecule has 0 aromatic heterocycles. The van der Waals surface area contributed by atoms with E-state index in [1.165, 1.54) is 48.5 Å². The van der Waals surface area contributed by atoms with E-state index in [2.05, 4.69) is 0 Å². The van der Waals surface area contributed by atoms with Gasteiger partial charge in [0.05, 0.1) is 46.1 Å². The minimum absolute atomic E-state index is 0. The summed E-state index contributed by atoms with van der Waals surface area (Å²) in [5.41, 5.74) is -1.74. The molecule has 0 atom stereocenters. The van der Waals surface area contributed by atoms with E-state index in [1.807, 2.05) is 0 Å². The van der Waals surface area contributed by atoms with Gasteiger partial charge in [0.2, 0.25) is 0 Å². The van der Waals surface area contributed by atoms with Crippen molar-refractivity contribution in [2.75, 3.05) is 0 Å². The van der Waals surface area contributed by atoms with Crippen molar-refractivity contribution in [1.29, 1.82) is 0 Å². The number of benzene rings is 4. The van der Waals surface area contributed by atoms with Gasteiger partial charge in [0, 0.05) is 22.3 Å². The molecule has 4 aromatic rings. The van der Waals surface area contributed by atoms with Crippen LogP contribution in [0.15, 0.2) is 72.8 Å². The number of aromatic hydroxyl groups is 4. The Balaban J connectivity index is 0.000000623. The number of rotatable bonds is 8. The van der Waals surface area contributed by atoms with Crippen molar-refractivity contribution >= 4 is 49.0 Å². The minimum atomic E-state index is -1.50. The minimum Gasteiger partial charge on any atom is -0.545 e. The van der Waals surface area contributed by atoms with Crippen LogP contribution in [0.4, 0.5) is 0 Å². The van der Waals surface area contributed by atoms with Crippen LogP contribution in [0, 0.1) is 0 Å². The fourth-order valence-corrected chi connectivity index (χ4v) is 3.28. The first-order valence-corrected chi connectivity index (χ1v) is 12.6. The molecule has 49 heavy (non-hydrogen) atoms. The Labute approximate surface area is 293 Å². The van der Waals surface area contributed by atoms with E-state index in [9.17, 15) is 58.8 Å². The molecule has 0 aliphatic carbocycles. The van der Waals surface area contributed by atoms with E-state index in [4.69, 9.17) is 20.4 Å². The predicted molar refractivity (Wildman–Crippen MR) is 151 cm³/mol. The SMILES string of the molecule is O=Cc1cccc(C(=O)[O-])c1O.O=Cc1cccc(C(=O)[O-])c1O.O=Cc1cccc(C(=O)[O-])c1O.O=Cc1cccc(C(=O)[O-])c1O.[Zr+4]. The van der Waals surface area contributed by atoms with Crippen LogP contribution in [0.1, 0.15) is 82.9 Å². The smallest absolute Gasteiger partial charge is 0.545 e. The van der Waals surface area contributed by atoms with Crippen molar-refractivity contribution in [1.82, 2.24) is 0 Å². The number of para-hydroxylation sites is 4. The molecule has 17 heteroatoms. The number of carbonyl (C=O) groups is 8. The van der Waals surface area contributed by atoms with E-state index in [1.54, 1.807) is 0 Å². The van der Waals surface area contributed by atoms with E-state index in [0.29, 0.717) is 25.1 Å². The van der Waals surface area contributed by atoms with Crippen molar-refractivity contribution in [3.8, 4) is 23.0 Å². The molecule has 0 spiro atoms. The van der Waals surface area contributed by atoms with Gasteiger partial charge in [-0.2, -0.15) is 0 Å². The van der Waals surface area contributed by atoms with Gasteiger partial charge >= 0.3 is 26.2 Å². The van der Waals surface area contributed by atoms with Crippen LogP contribution in [0.2, 0.25) is 0 Å². The van der Waals surface area contributed by atoms with Gasteiger partial charge in [0.15, 0.2) is 25.1 Å². The van der Waals surface area contributed by atoms with Crippen molar-refractivity contribution in [2.45, 2.75) is 0 Å². The molecule has 4 rings (SSSR count). The summed E-state index contributed by atoms with van der Waals surface area (Å²) in [5, 5.41) is 77.6. The fraction of sp³-hybridized carbons (Fsp3) is 0. The molecule has 0 unspecified atom stereocenters. The first-order valence-electron chi connectivity index (χ1n) is 12.6. The maximum atomic E-state index is 10.3. The number of carboxylic acid groups (broad SMARTS) is 4. The van der Waals surface area contributed by atoms with Crippen LogP contribution in [-0.2, 0) is 26.2 Å². The largest absolute Gasteiger partial charge is 4.00 e. The summed E-state index contributed by atoms with van der Waals surface area (Å²) in [6, 6.07) is 15.3. The normalized spacial score (nSPS) is 9.14. The third kappa shape index (κ3) is 12.0. The van der Waals surface area contributed by atoms with Gasteiger partial charge in [-0.1, -0.05) is 24.3 Å². The molecule has 248 valence electrons. The average Bonchev–Trinajstić information content (AvgIpc) is 3.05. The Bertz CT molecular complexity index is 1600. The van der Waals surface area contributed by atoms with Gasteiger partial charge in [-0.25, -0.2) is 0 Å². The van der Waals surface area contributed by atoms with Gasteiger partial charge < -0.3 is 60.0 Å². The molecule has 0 radical (unpaired) electrons. The van der Waals surface area contributed by atoms with E-state index < -0.39 is 46.9 Å². The summed E-state index contributed by atoms with van der Waals surface area (Å²) in [5.74, 6) is -8.21. The zero-order valence-corrected chi connectivity index (χ0v) is 26.9. The number of hydrogen-bond acceptors (Lipinski definition) is 16. The van der Waals surface area contributed by atoms with Gasteiger partial charge in [0.1, 0.15) is 23.0 Å². The maximum Gasteiger partial charge on any atom is 4.00 e. The monoisotopic (exact) mass is 750 g/mol.